The first-order chi connectivity index (χ1) is 8.33. The number of hydrogen-bond donors (Lipinski definition) is 2. The summed E-state index contributed by atoms with van der Waals surface area (Å²) in [7, 11) is 0. The molecule has 2 N–H and O–H groups in total. The highest BCUT2D eigenvalue weighted by Crippen LogP contribution is 2.21. The molecule has 1 aromatic heterocycles. The van der Waals surface area contributed by atoms with E-state index in [0.29, 0.717) is 12.0 Å². The second-order valence-electron chi connectivity index (χ2n) is 5.46. The Morgan fingerprint density at radius 3 is 2.72 bits per heavy atom. The molecule has 0 saturated carbocycles. The first kappa shape index (κ1) is 14.9. The number of aliphatic hydroxyl groups excluding tert-OH is 1. The van der Waals surface area contributed by atoms with Crippen molar-refractivity contribution in [1.29, 1.82) is 0 Å². The average molecular weight is 271 g/mol. The lowest BCUT2D eigenvalue weighted by Crippen LogP contribution is -2.40. The molecule has 0 saturated heterocycles. The summed E-state index contributed by atoms with van der Waals surface area (Å²) in [6, 6.07) is 2.98. The monoisotopic (exact) mass is 270 g/mol. The molecule has 0 radical (unpaired) electrons. The molecule has 0 spiro atoms. The normalized spacial score (nSPS) is 13.2. The molecule has 1 rings (SSSR count). The molecule has 1 heterocycles. The smallest absolute Gasteiger partial charge is 0.254 e. The molecule has 5 heteroatoms. The fraction of sp³-hybridized carbons (Fsp3) is 0.538. The van der Waals surface area contributed by atoms with Crippen molar-refractivity contribution in [2.24, 2.45) is 5.41 Å². The highest BCUT2D eigenvalue weighted by molar-refractivity contribution is 6.32. The summed E-state index contributed by atoms with van der Waals surface area (Å²) in [5.74, 6) is -0.309. The fourth-order valence-corrected chi connectivity index (χ4v) is 1.92. The number of carbonyl (C=O) groups is 1. The maximum Gasteiger partial charge on any atom is 0.254 e. The third-order valence-electron chi connectivity index (χ3n) is 2.42. The number of amides is 1. The quantitative estimate of drug-likeness (QED) is 0.825. The fourth-order valence-electron chi connectivity index (χ4n) is 1.72. The van der Waals surface area contributed by atoms with Gasteiger partial charge in [-0.25, -0.2) is 4.98 Å². The summed E-state index contributed by atoms with van der Waals surface area (Å²) >= 11 is 5.84. The van der Waals surface area contributed by atoms with E-state index in [4.69, 9.17) is 11.6 Å². The Labute approximate surface area is 112 Å². The third-order valence-corrected chi connectivity index (χ3v) is 2.72. The van der Waals surface area contributed by atoms with Gasteiger partial charge in [-0.2, -0.15) is 0 Å². The van der Waals surface area contributed by atoms with Crippen LogP contribution in [0.1, 0.15) is 37.6 Å². The van der Waals surface area contributed by atoms with Crippen LogP contribution in [0, 0.1) is 5.41 Å². The molecule has 18 heavy (non-hydrogen) atoms. The van der Waals surface area contributed by atoms with E-state index in [2.05, 4.69) is 31.1 Å². The number of carbonyl (C=O) groups excluding carboxylic acids is 1. The molecule has 0 fully saturated rings. The second-order valence-corrected chi connectivity index (χ2v) is 5.82. The molecular formula is C13H19ClN2O2. The van der Waals surface area contributed by atoms with Gasteiger partial charge in [-0.15, -0.1) is 0 Å². The minimum absolute atomic E-state index is 0.0272. The van der Waals surface area contributed by atoms with Crippen molar-refractivity contribution in [3.63, 3.8) is 0 Å². The zero-order valence-electron chi connectivity index (χ0n) is 10.9. The SMILES string of the molecule is CC(C)(C)CC(CO)NC(=O)c1cccnc1Cl. The van der Waals surface area contributed by atoms with E-state index in [1.807, 2.05) is 0 Å². The lowest BCUT2D eigenvalue weighted by Gasteiger charge is -2.25. The Morgan fingerprint density at radius 2 is 2.22 bits per heavy atom. The van der Waals surface area contributed by atoms with Crippen LogP contribution in [-0.4, -0.2) is 28.6 Å². The van der Waals surface area contributed by atoms with Crippen molar-refractivity contribution < 1.29 is 9.90 Å². The molecule has 1 amide bonds. The van der Waals surface area contributed by atoms with E-state index in [0.717, 1.165) is 0 Å². The van der Waals surface area contributed by atoms with E-state index in [-0.39, 0.29) is 29.1 Å². The Balaban J connectivity index is 2.71. The third kappa shape index (κ3) is 4.63. The van der Waals surface area contributed by atoms with Crippen molar-refractivity contribution in [3.8, 4) is 0 Å². The molecule has 0 aliphatic rings. The summed E-state index contributed by atoms with van der Waals surface area (Å²) in [6.07, 6.45) is 2.21. The van der Waals surface area contributed by atoms with Gasteiger partial charge in [-0.1, -0.05) is 32.4 Å². The van der Waals surface area contributed by atoms with Crippen molar-refractivity contribution in [2.45, 2.75) is 33.2 Å². The predicted octanol–water partition coefficient (Wildman–Crippen LogP) is 2.26. The van der Waals surface area contributed by atoms with Crippen LogP contribution < -0.4 is 5.32 Å². The number of nitrogens with zero attached hydrogens (tertiary/aromatic N) is 1. The maximum absolute atomic E-state index is 12.0. The van der Waals surface area contributed by atoms with E-state index in [1.165, 1.54) is 6.20 Å². The second kappa shape index (κ2) is 6.16. The van der Waals surface area contributed by atoms with Crippen LogP contribution >= 0.6 is 11.6 Å². The molecule has 0 bridgehead atoms. The van der Waals surface area contributed by atoms with Crippen LogP contribution in [0.2, 0.25) is 5.15 Å². The van der Waals surface area contributed by atoms with Crippen LogP contribution in [0.5, 0.6) is 0 Å². The van der Waals surface area contributed by atoms with E-state index in [9.17, 15) is 9.90 Å². The van der Waals surface area contributed by atoms with Gasteiger partial charge in [0.15, 0.2) is 0 Å². The number of aromatic nitrogens is 1. The van der Waals surface area contributed by atoms with Gasteiger partial charge in [0.1, 0.15) is 5.15 Å². The minimum Gasteiger partial charge on any atom is -0.394 e. The van der Waals surface area contributed by atoms with Gasteiger partial charge >= 0.3 is 0 Å². The van der Waals surface area contributed by atoms with Gasteiger partial charge < -0.3 is 10.4 Å². The van der Waals surface area contributed by atoms with Crippen molar-refractivity contribution in [3.05, 3.63) is 29.0 Å². The summed E-state index contributed by atoms with van der Waals surface area (Å²) in [6.45, 7) is 6.07. The highest BCUT2D eigenvalue weighted by Gasteiger charge is 2.21. The number of rotatable bonds is 4. The molecule has 4 nitrogen and oxygen atoms in total. The topological polar surface area (TPSA) is 62.2 Å². The first-order valence-corrected chi connectivity index (χ1v) is 6.23. The average Bonchev–Trinajstić information content (AvgIpc) is 2.26. The molecule has 0 aromatic carbocycles. The summed E-state index contributed by atoms with van der Waals surface area (Å²) in [5, 5.41) is 12.2. The van der Waals surface area contributed by atoms with Crippen LogP contribution in [0.15, 0.2) is 18.3 Å². The van der Waals surface area contributed by atoms with Crippen LogP contribution in [-0.2, 0) is 0 Å². The van der Waals surface area contributed by atoms with Crippen molar-refractivity contribution >= 4 is 17.5 Å². The number of pyridine rings is 1. The molecule has 1 unspecified atom stereocenters. The van der Waals surface area contributed by atoms with Gasteiger partial charge in [0.05, 0.1) is 18.2 Å². The molecule has 1 atom stereocenters. The number of nitrogens with one attached hydrogen (secondary N) is 1. The van der Waals surface area contributed by atoms with E-state index < -0.39 is 0 Å². The predicted molar refractivity (Wildman–Crippen MR) is 71.7 cm³/mol. The van der Waals surface area contributed by atoms with Crippen LogP contribution in [0.4, 0.5) is 0 Å². The van der Waals surface area contributed by atoms with Gasteiger partial charge in [0, 0.05) is 6.20 Å². The number of aliphatic hydroxyl groups is 1. The molecule has 0 aliphatic carbocycles. The van der Waals surface area contributed by atoms with Crippen LogP contribution in [0.25, 0.3) is 0 Å². The molecule has 0 aliphatic heterocycles. The van der Waals surface area contributed by atoms with Crippen LogP contribution in [0.3, 0.4) is 0 Å². The molecule has 1 aromatic rings. The van der Waals surface area contributed by atoms with Gasteiger partial charge in [-0.05, 0) is 24.0 Å². The number of halogens is 1. The zero-order chi connectivity index (χ0) is 13.8. The Bertz CT molecular complexity index is 416. The van der Waals surface area contributed by atoms with Gasteiger partial charge in [0.2, 0.25) is 0 Å². The zero-order valence-corrected chi connectivity index (χ0v) is 11.7. The lowest BCUT2D eigenvalue weighted by molar-refractivity contribution is 0.0897. The molecular weight excluding hydrogens is 252 g/mol. The number of hydrogen-bond acceptors (Lipinski definition) is 3. The van der Waals surface area contributed by atoms with Gasteiger partial charge in [-0.3, -0.25) is 4.79 Å². The summed E-state index contributed by atoms with van der Waals surface area (Å²) in [4.78, 5) is 15.8. The molecule has 100 valence electrons. The minimum atomic E-state index is -0.309. The van der Waals surface area contributed by atoms with E-state index in [1.54, 1.807) is 12.1 Å². The standard InChI is InChI=1S/C13H19ClN2O2/c1-13(2,3)7-9(8-17)16-12(18)10-5-4-6-15-11(10)14/h4-6,9,17H,7-8H2,1-3H3,(H,16,18). The Hall–Kier alpha value is -1.13. The largest absolute Gasteiger partial charge is 0.394 e. The summed E-state index contributed by atoms with van der Waals surface area (Å²) in [5.41, 5.74) is 0.353. The first-order valence-electron chi connectivity index (χ1n) is 5.86. The van der Waals surface area contributed by atoms with Gasteiger partial charge in [0.25, 0.3) is 5.91 Å². The van der Waals surface area contributed by atoms with Crippen molar-refractivity contribution in [2.75, 3.05) is 6.61 Å². The lowest BCUT2D eigenvalue weighted by atomic mass is 9.88. The highest BCUT2D eigenvalue weighted by atomic mass is 35.5. The Morgan fingerprint density at radius 1 is 1.56 bits per heavy atom. The van der Waals surface area contributed by atoms with E-state index >= 15 is 0 Å². The maximum atomic E-state index is 12.0. The Kier molecular flexibility index (Phi) is 5.11. The van der Waals surface area contributed by atoms with Crippen molar-refractivity contribution in [1.82, 2.24) is 10.3 Å². The summed E-state index contributed by atoms with van der Waals surface area (Å²) < 4.78 is 0.